The number of nitrogens with one attached hydrogen (secondary N) is 1. The highest BCUT2D eigenvalue weighted by Gasteiger charge is 2.54. The van der Waals surface area contributed by atoms with Crippen LogP contribution in [-0.2, 0) is 76.0 Å². The van der Waals surface area contributed by atoms with Gasteiger partial charge < -0.3 is 29.0 Å². The van der Waals surface area contributed by atoms with Gasteiger partial charge in [-0.1, -0.05) is 315 Å². The fourth-order valence-electron chi connectivity index (χ4n) is 12.6. The van der Waals surface area contributed by atoms with Gasteiger partial charge in [0.2, 0.25) is 5.91 Å². The van der Waals surface area contributed by atoms with Crippen LogP contribution in [0.25, 0.3) is 0 Å². The van der Waals surface area contributed by atoms with Gasteiger partial charge in [0.25, 0.3) is 0 Å². The minimum absolute atomic E-state index is 0.000999. The van der Waals surface area contributed by atoms with Gasteiger partial charge in [-0.3, -0.25) is 28.0 Å². The van der Waals surface area contributed by atoms with Crippen LogP contribution in [0.4, 0.5) is 0 Å². The van der Waals surface area contributed by atoms with Gasteiger partial charge in [-0.25, -0.2) is 4.57 Å². The van der Waals surface area contributed by atoms with E-state index < -0.39 is 62.6 Å². The minimum atomic E-state index is -4.52. The molecular weight excluding hydrogens is 1160 g/mol. The highest BCUT2D eigenvalue weighted by Crippen LogP contribution is 2.55. The Balaban J connectivity index is 1.27. The zero-order chi connectivity index (χ0) is 64.2. The second kappa shape index (κ2) is 46.4. The molecule has 2 fully saturated rings. The highest BCUT2D eigenvalue weighted by molar-refractivity contribution is 7.48. The molecule has 4 aromatic rings. The Hall–Kier alpha value is -4.72. The summed E-state index contributed by atoms with van der Waals surface area (Å²) in [6.45, 7) is 7.03. The largest absolute Gasteiger partial charge is 0.475 e. The summed E-state index contributed by atoms with van der Waals surface area (Å²) in [7, 11) is -4.52. The van der Waals surface area contributed by atoms with Gasteiger partial charge in [0.1, 0.15) is 12.2 Å². The van der Waals surface area contributed by atoms with Crippen LogP contribution >= 0.6 is 7.82 Å². The number of phosphoric acid groups is 1. The third kappa shape index (κ3) is 31.4. The number of ether oxygens (including phenoxy) is 5. The lowest BCUT2D eigenvalue weighted by atomic mass is 9.78. The summed E-state index contributed by atoms with van der Waals surface area (Å²) in [4.78, 5) is 44.0. The first-order valence-corrected chi connectivity index (χ1v) is 37.4. The number of rotatable bonds is 51. The van der Waals surface area contributed by atoms with Crippen molar-refractivity contribution in [2.24, 2.45) is 5.92 Å². The molecule has 2 unspecified atom stereocenters. The Kier molecular flexibility index (Phi) is 38.4. The number of amides is 1. The van der Waals surface area contributed by atoms with Crippen molar-refractivity contribution in [2.45, 2.75) is 308 Å². The standard InChI is InChI=1S/C77H116NO12P/c1-4-7-10-13-16-19-20-23-26-29-44-55-72(80)87-69(54-43-28-25-22-18-15-12-9-6-3)58-73(81)88-76-74(78-71(79)57-68(83-59-63-45-34-30-35-46-63)53-42-27-24-21-17-14-11-8-5-2)70(56-67-62-84-77(89-75(67)76)66-51-40-33-41-52-66)90-91(82,85-60-64-47-36-31-37-48-64)86-61-65-49-38-32-39-50-65/h30-41,45-52,67-70,74-77H,4-29,42-44,53-62H2,1-3H3,(H,78,79)/t67?,68-,69-,70+,74+,75?,76-,77-/m1/s1. The van der Waals surface area contributed by atoms with E-state index in [4.69, 9.17) is 37.3 Å². The van der Waals surface area contributed by atoms with Crippen LogP contribution in [0, 0.1) is 5.92 Å². The molecule has 8 atom stereocenters. The zero-order valence-corrected chi connectivity index (χ0v) is 57.0. The second-order valence-electron chi connectivity index (χ2n) is 25.8. The number of carbonyl (C=O) groups excluding carboxylic acids is 3. The van der Waals surface area contributed by atoms with Crippen molar-refractivity contribution in [2.75, 3.05) is 6.61 Å². The quantitative estimate of drug-likeness (QED) is 0.0254. The summed E-state index contributed by atoms with van der Waals surface area (Å²) in [6, 6.07) is 37.2. The van der Waals surface area contributed by atoms with Gasteiger partial charge in [-0.15, -0.1) is 0 Å². The van der Waals surface area contributed by atoms with Crippen LogP contribution in [0.5, 0.6) is 0 Å². The molecule has 0 radical (unpaired) electrons. The number of carbonyl (C=O) groups is 3. The molecule has 91 heavy (non-hydrogen) atoms. The molecule has 4 aromatic carbocycles. The van der Waals surface area contributed by atoms with E-state index in [1.807, 2.05) is 121 Å². The minimum Gasteiger partial charge on any atom is -0.462 e. The van der Waals surface area contributed by atoms with Gasteiger partial charge in [-0.2, -0.15) is 0 Å². The number of fused-ring (bicyclic) bond motifs is 1. The van der Waals surface area contributed by atoms with E-state index >= 15 is 14.2 Å². The monoisotopic (exact) mass is 1280 g/mol. The Labute approximate surface area is 548 Å². The maximum atomic E-state index is 15.5. The zero-order valence-electron chi connectivity index (χ0n) is 56.1. The maximum absolute atomic E-state index is 15.5. The fraction of sp³-hybridized carbons (Fsp3) is 0.649. The first-order valence-electron chi connectivity index (χ1n) is 36.0. The van der Waals surface area contributed by atoms with Crippen molar-refractivity contribution in [1.82, 2.24) is 5.32 Å². The first kappa shape index (κ1) is 75.3. The first-order chi connectivity index (χ1) is 44.6. The Morgan fingerprint density at radius 3 is 1.42 bits per heavy atom. The molecule has 1 amide bonds. The van der Waals surface area contributed by atoms with Gasteiger partial charge in [0.05, 0.1) is 57.5 Å². The lowest BCUT2D eigenvalue weighted by Crippen LogP contribution is -2.65. The van der Waals surface area contributed by atoms with Gasteiger partial charge in [-0.05, 0) is 48.8 Å². The number of phosphoric ester groups is 1. The summed E-state index contributed by atoms with van der Waals surface area (Å²) >= 11 is 0. The Morgan fingerprint density at radius 2 is 0.934 bits per heavy atom. The van der Waals surface area contributed by atoms with Crippen molar-refractivity contribution >= 4 is 25.7 Å². The number of benzene rings is 4. The van der Waals surface area contributed by atoms with Crippen LogP contribution in [0.15, 0.2) is 121 Å². The molecular formula is C77H116NO12P. The van der Waals surface area contributed by atoms with E-state index in [0.29, 0.717) is 19.4 Å². The number of unbranched alkanes of at least 4 members (excludes halogenated alkanes) is 26. The van der Waals surface area contributed by atoms with Crippen LogP contribution < -0.4 is 5.32 Å². The Bertz CT molecular complexity index is 2490. The summed E-state index contributed by atoms with van der Waals surface area (Å²) in [6.07, 6.45) is 29.7. The molecule has 13 nitrogen and oxygen atoms in total. The summed E-state index contributed by atoms with van der Waals surface area (Å²) in [5.74, 6) is -1.75. The number of esters is 2. The van der Waals surface area contributed by atoms with E-state index in [1.54, 1.807) is 0 Å². The number of hydrogen-bond acceptors (Lipinski definition) is 12. The van der Waals surface area contributed by atoms with Crippen LogP contribution in [0.1, 0.15) is 274 Å². The fourth-order valence-corrected chi connectivity index (χ4v) is 13.9. The van der Waals surface area contributed by atoms with Crippen molar-refractivity contribution in [3.05, 3.63) is 144 Å². The molecule has 1 saturated heterocycles. The molecule has 14 heteroatoms. The van der Waals surface area contributed by atoms with E-state index in [1.165, 1.54) is 116 Å². The molecule has 1 N–H and O–H groups in total. The number of hydrogen-bond donors (Lipinski definition) is 1. The molecule has 1 saturated carbocycles. The summed E-state index contributed by atoms with van der Waals surface area (Å²) < 4.78 is 67.9. The Morgan fingerprint density at radius 1 is 0.505 bits per heavy atom. The van der Waals surface area contributed by atoms with Crippen LogP contribution in [-0.4, -0.2) is 61.0 Å². The third-order valence-electron chi connectivity index (χ3n) is 17.9. The molecule has 506 valence electrons. The van der Waals surface area contributed by atoms with Gasteiger partial charge >= 0.3 is 19.8 Å². The van der Waals surface area contributed by atoms with Crippen molar-refractivity contribution in [3.8, 4) is 0 Å². The molecule has 0 spiro atoms. The van der Waals surface area contributed by atoms with Crippen LogP contribution in [0.3, 0.4) is 0 Å². The average molecular weight is 1280 g/mol. The smallest absolute Gasteiger partial charge is 0.462 e. The maximum Gasteiger partial charge on any atom is 0.475 e. The van der Waals surface area contributed by atoms with E-state index in [2.05, 4.69) is 26.1 Å². The SMILES string of the molecule is CCCCCCCCCCCCCC(=O)O[C@H](CCCCCCCCCCC)CC(=O)O[C@H]1C2O[C@H](c3ccccc3)OCC2C[C@H](OP(=O)(OCc2ccccc2)OCc2ccccc2)[C@@H]1NC(=O)C[C@@H](CCCCCCCCCCC)OCc1ccccc1. The average Bonchev–Trinajstić information content (AvgIpc) is 0.854. The van der Waals surface area contributed by atoms with Crippen LogP contribution in [0.2, 0.25) is 0 Å². The molecule has 6 rings (SSSR count). The molecule has 0 aromatic heterocycles. The third-order valence-corrected chi connectivity index (χ3v) is 19.3. The normalized spacial score (nSPS) is 18.9. The molecule has 0 bridgehead atoms. The van der Waals surface area contributed by atoms with E-state index in [-0.39, 0.29) is 57.4 Å². The molecule has 1 aliphatic carbocycles. The lowest BCUT2D eigenvalue weighted by Gasteiger charge is -2.49. The second-order valence-corrected chi connectivity index (χ2v) is 27.4. The van der Waals surface area contributed by atoms with Gasteiger partial charge in [0.15, 0.2) is 12.4 Å². The molecule has 2 aliphatic rings. The lowest BCUT2D eigenvalue weighted by molar-refractivity contribution is -0.282. The van der Waals surface area contributed by atoms with E-state index in [0.717, 1.165) is 92.9 Å². The predicted octanol–water partition coefficient (Wildman–Crippen LogP) is 20.3. The highest BCUT2D eigenvalue weighted by atomic mass is 31.2. The molecule has 1 aliphatic heterocycles. The topological polar surface area (TPSA) is 154 Å². The summed E-state index contributed by atoms with van der Waals surface area (Å²) in [5, 5.41) is 3.30. The molecule has 1 heterocycles. The van der Waals surface area contributed by atoms with Crippen molar-refractivity contribution < 1.29 is 56.2 Å². The van der Waals surface area contributed by atoms with Gasteiger partial charge in [0, 0.05) is 17.9 Å². The predicted molar refractivity (Wildman–Crippen MR) is 364 cm³/mol. The van der Waals surface area contributed by atoms with E-state index in [9.17, 15) is 4.79 Å². The van der Waals surface area contributed by atoms with Crippen molar-refractivity contribution in [1.29, 1.82) is 0 Å². The summed E-state index contributed by atoms with van der Waals surface area (Å²) in [5.41, 5.74) is 3.28. The van der Waals surface area contributed by atoms with Crippen molar-refractivity contribution in [3.63, 3.8) is 0 Å².